The molecular weight excluding hydrogens is 266 g/mol. The maximum absolute atomic E-state index is 11.9. The van der Waals surface area contributed by atoms with Crippen LogP contribution in [0.15, 0.2) is 24.3 Å². The van der Waals surface area contributed by atoms with Gasteiger partial charge in [-0.3, -0.25) is 9.59 Å². The van der Waals surface area contributed by atoms with Gasteiger partial charge in [0.2, 0.25) is 11.8 Å². The Hall–Kier alpha value is -1.88. The minimum Gasteiger partial charge on any atom is -0.326 e. The van der Waals surface area contributed by atoms with E-state index in [4.69, 9.17) is 0 Å². The summed E-state index contributed by atoms with van der Waals surface area (Å²) < 4.78 is 0. The summed E-state index contributed by atoms with van der Waals surface area (Å²) in [6, 6.07) is 7.24. The van der Waals surface area contributed by atoms with E-state index in [2.05, 4.69) is 16.0 Å². The molecule has 0 saturated carbocycles. The van der Waals surface area contributed by atoms with Crippen LogP contribution in [0.3, 0.4) is 0 Å². The van der Waals surface area contributed by atoms with Gasteiger partial charge >= 0.3 is 0 Å². The summed E-state index contributed by atoms with van der Waals surface area (Å²) in [6.45, 7) is 3.89. The molecule has 1 aliphatic rings. The van der Waals surface area contributed by atoms with Gasteiger partial charge in [0.1, 0.15) is 0 Å². The van der Waals surface area contributed by atoms with Crippen molar-refractivity contribution in [1.29, 1.82) is 0 Å². The van der Waals surface area contributed by atoms with E-state index in [-0.39, 0.29) is 11.8 Å². The third-order valence-electron chi connectivity index (χ3n) is 3.69. The smallest absolute Gasteiger partial charge is 0.224 e. The van der Waals surface area contributed by atoms with E-state index >= 15 is 0 Å². The Bertz CT molecular complexity index is 496. The molecule has 5 nitrogen and oxygen atoms in total. The summed E-state index contributed by atoms with van der Waals surface area (Å²) >= 11 is 0. The molecule has 2 rings (SSSR count). The number of hydrogen-bond donors (Lipinski definition) is 3. The maximum Gasteiger partial charge on any atom is 0.224 e. The number of carbonyl (C=O) groups is 2. The highest BCUT2D eigenvalue weighted by Gasteiger charge is 2.15. The molecule has 5 heteroatoms. The molecule has 0 aliphatic carbocycles. The number of rotatable bonds is 6. The maximum atomic E-state index is 11.9. The number of carbonyl (C=O) groups excluding carboxylic acids is 2. The van der Waals surface area contributed by atoms with Crippen molar-refractivity contribution in [3.05, 3.63) is 24.3 Å². The molecule has 0 bridgehead atoms. The second-order valence-corrected chi connectivity index (χ2v) is 5.43. The van der Waals surface area contributed by atoms with Crippen LogP contribution in [-0.4, -0.2) is 24.9 Å². The van der Waals surface area contributed by atoms with Gasteiger partial charge in [0.05, 0.1) is 0 Å². The Morgan fingerprint density at radius 2 is 1.95 bits per heavy atom. The van der Waals surface area contributed by atoms with Gasteiger partial charge in [-0.2, -0.15) is 0 Å². The minimum absolute atomic E-state index is 0.0286. The van der Waals surface area contributed by atoms with Crippen molar-refractivity contribution in [2.75, 3.05) is 23.7 Å². The average molecular weight is 289 g/mol. The molecule has 1 unspecified atom stereocenters. The predicted molar refractivity (Wildman–Crippen MR) is 84.2 cm³/mol. The number of benzene rings is 1. The predicted octanol–water partition coefficient (Wildman–Crippen LogP) is 2.36. The lowest BCUT2D eigenvalue weighted by molar-refractivity contribution is -0.117. The zero-order chi connectivity index (χ0) is 15.1. The fourth-order valence-electron chi connectivity index (χ4n) is 2.44. The van der Waals surface area contributed by atoms with Crippen molar-refractivity contribution in [2.24, 2.45) is 5.92 Å². The van der Waals surface area contributed by atoms with Gasteiger partial charge in [-0.25, -0.2) is 0 Å². The van der Waals surface area contributed by atoms with Crippen molar-refractivity contribution < 1.29 is 9.59 Å². The fourth-order valence-corrected chi connectivity index (χ4v) is 2.44. The Balaban J connectivity index is 1.82. The molecule has 0 aromatic heterocycles. The minimum atomic E-state index is -0.0350. The highest BCUT2D eigenvalue weighted by Crippen LogP contribution is 2.18. The van der Waals surface area contributed by atoms with E-state index < -0.39 is 0 Å². The van der Waals surface area contributed by atoms with Gasteiger partial charge in [-0.15, -0.1) is 0 Å². The van der Waals surface area contributed by atoms with E-state index in [1.807, 2.05) is 18.2 Å². The van der Waals surface area contributed by atoms with Crippen molar-refractivity contribution in [2.45, 2.75) is 32.6 Å². The second kappa shape index (κ2) is 7.78. The van der Waals surface area contributed by atoms with Crippen LogP contribution >= 0.6 is 0 Å². The van der Waals surface area contributed by atoms with Gasteiger partial charge in [-0.1, -0.05) is 13.0 Å². The van der Waals surface area contributed by atoms with Gasteiger partial charge in [0.25, 0.3) is 0 Å². The van der Waals surface area contributed by atoms with E-state index in [0.29, 0.717) is 24.4 Å². The van der Waals surface area contributed by atoms with Gasteiger partial charge < -0.3 is 16.0 Å². The molecule has 1 aliphatic heterocycles. The molecule has 1 aromatic rings. The summed E-state index contributed by atoms with van der Waals surface area (Å²) in [6.07, 6.45) is 3.06. The fraction of sp³-hybridized carbons (Fsp3) is 0.500. The van der Waals surface area contributed by atoms with Crippen LogP contribution < -0.4 is 16.0 Å². The van der Waals surface area contributed by atoms with Crippen LogP contribution in [0.5, 0.6) is 0 Å². The molecule has 0 spiro atoms. The number of nitrogens with one attached hydrogen (secondary N) is 3. The lowest BCUT2D eigenvalue weighted by Crippen LogP contribution is -2.15. The lowest BCUT2D eigenvalue weighted by atomic mass is 10.0. The molecule has 0 radical (unpaired) electrons. The van der Waals surface area contributed by atoms with Gasteiger partial charge in [-0.05, 0) is 50.0 Å². The number of anilines is 2. The SMILES string of the molecule is CCC(=O)Nc1cccc(NC(=O)CCC2CCNC2)c1. The Morgan fingerprint density at radius 3 is 2.57 bits per heavy atom. The van der Waals surface area contributed by atoms with Crippen molar-refractivity contribution in [3.63, 3.8) is 0 Å². The van der Waals surface area contributed by atoms with Crippen molar-refractivity contribution in [1.82, 2.24) is 5.32 Å². The van der Waals surface area contributed by atoms with Crippen LogP contribution in [-0.2, 0) is 9.59 Å². The van der Waals surface area contributed by atoms with E-state index in [1.54, 1.807) is 13.0 Å². The Morgan fingerprint density at radius 1 is 1.24 bits per heavy atom. The van der Waals surface area contributed by atoms with Crippen LogP contribution in [0.1, 0.15) is 32.6 Å². The molecule has 1 aromatic carbocycles. The van der Waals surface area contributed by atoms with Crippen molar-refractivity contribution >= 4 is 23.2 Å². The van der Waals surface area contributed by atoms with Crippen LogP contribution in [0, 0.1) is 5.92 Å². The molecule has 1 atom stereocenters. The normalized spacial score (nSPS) is 17.5. The van der Waals surface area contributed by atoms with E-state index in [9.17, 15) is 9.59 Å². The largest absolute Gasteiger partial charge is 0.326 e. The molecule has 2 amide bonds. The van der Waals surface area contributed by atoms with E-state index in [1.165, 1.54) is 0 Å². The first-order valence-electron chi connectivity index (χ1n) is 7.58. The summed E-state index contributed by atoms with van der Waals surface area (Å²) in [5.74, 6) is 0.610. The van der Waals surface area contributed by atoms with Crippen LogP contribution in [0.25, 0.3) is 0 Å². The number of hydrogen-bond acceptors (Lipinski definition) is 3. The molecule has 1 fully saturated rings. The summed E-state index contributed by atoms with van der Waals surface area (Å²) in [7, 11) is 0. The molecule has 114 valence electrons. The summed E-state index contributed by atoms with van der Waals surface area (Å²) in [5.41, 5.74) is 1.43. The first-order chi connectivity index (χ1) is 10.2. The van der Waals surface area contributed by atoms with E-state index in [0.717, 1.165) is 31.6 Å². The third-order valence-corrected chi connectivity index (χ3v) is 3.69. The average Bonchev–Trinajstić information content (AvgIpc) is 2.98. The molecule has 1 heterocycles. The van der Waals surface area contributed by atoms with Crippen LogP contribution in [0.2, 0.25) is 0 Å². The zero-order valence-corrected chi connectivity index (χ0v) is 12.4. The topological polar surface area (TPSA) is 70.2 Å². The van der Waals surface area contributed by atoms with Gasteiger partial charge in [0, 0.05) is 24.2 Å². The first-order valence-corrected chi connectivity index (χ1v) is 7.58. The summed E-state index contributed by atoms with van der Waals surface area (Å²) in [4.78, 5) is 23.3. The Kier molecular flexibility index (Phi) is 5.75. The third kappa shape index (κ3) is 5.19. The highest BCUT2D eigenvalue weighted by molar-refractivity contribution is 5.93. The summed E-state index contributed by atoms with van der Waals surface area (Å²) in [5, 5.41) is 8.98. The molecule has 1 saturated heterocycles. The first kappa shape index (κ1) is 15.5. The molecular formula is C16H23N3O2. The second-order valence-electron chi connectivity index (χ2n) is 5.43. The van der Waals surface area contributed by atoms with Crippen LogP contribution in [0.4, 0.5) is 11.4 Å². The zero-order valence-electron chi connectivity index (χ0n) is 12.4. The van der Waals surface area contributed by atoms with Crippen molar-refractivity contribution in [3.8, 4) is 0 Å². The number of amides is 2. The lowest BCUT2D eigenvalue weighted by Gasteiger charge is -2.10. The molecule has 3 N–H and O–H groups in total. The standard InChI is InChI=1S/C16H23N3O2/c1-2-15(20)18-13-4-3-5-14(10-13)19-16(21)7-6-12-8-9-17-11-12/h3-5,10,12,17H,2,6-9,11H2,1H3,(H,18,20)(H,19,21). The monoisotopic (exact) mass is 289 g/mol. The molecule has 21 heavy (non-hydrogen) atoms. The quantitative estimate of drug-likeness (QED) is 0.753. The van der Waals surface area contributed by atoms with Gasteiger partial charge in [0.15, 0.2) is 0 Å². The Labute approximate surface area is 125 Å². The highest BCUT2D eigenvalue weighted by atomic mass is 16.2.